The van der Waals surface area contributed by atoms with Crippen molar-refractivity contribution >= 4 is 18.0 Å². The van der Waals surface area contributed by atoms with E-state index in [4.69, 9.17) is 18.9 Å². The molecule has 0 fully saturated rings. The van der Waals surface area contributed by atoms with E-state index in [9.17, 15) is 9.59 Å². The monoisotopic (exact) mass is 351 g/mol. The fourth-order valence-corrected chi connectivity index (χ4v) is 2.00. The maximum absolute atomic E-state index is 11.7. The van der Waals surface area contributed by atoms with Crippen LogP contribution in [0, 0.1) is 0 Å². The summed E-state index contributed by atoms with van der Waals surface area (Å²) in [7, 11) is 4.53. The molecule has 0 aliphatic heterocycles. The Morgan fingerprint density at radius 2 is 1.72 bits per heavy atom. The summed E-state index contributed by atoms with van der Waals surface area (Å²) >= 11 is 0. The first-order valence-corrected chi connectivity index (χ1v) is 7.97. The average molecular weight is 351 g/mol. The van der Waals surface area contributed by atoms with E-state index in [1.807, 2.05) is 6.92 Å². The van der Waals surface area contributed by atoms with Crippen LogP contribution in [0.25, 0.3) is 6.08 Å². The van der Waals surface area contributed by atoms with Gasteiger partial charge in [-0.15, -0.1) is 0 Å². The Balaban J connectivity index is 2.65. The molecule has 1 aromatic carbocycles. The van der Waals surface area contributed by atoms with Gasteiger partial charge >= 0.3 is 5.97 Å². The van der Waals surface area contributed by atoms with Crippen molar-refractivity contribution in [2.75, 3.05) is 34.5 Å². The van der Waals surface area contributed by atoms with Crippen LogP contribution in [0.5, 0.6) is 17.2 Å². The predicted molar refractivity (Wildman–Crippen MR) is 94.0 cm³/mol. The number of carbonyl (C=O) groups excluding carboxylic acids is 2. The number of rotatable bonds is 10. The number of hydrogen-bond donors (Lipinski definition) is 1. The Bertz CT molecular complexity index is 587. The number of carbonyl (C=O) groups is 2. The predicted octanol–water partition coefficient (Wildman–Crippen LogP) is 2.19. The molecule has 0 aliphatic rings. The second-order valence-electron chi connectivity index (χ2n) is 5.10. The summed E-state index contributed by atoms with van der Waals surface area (Å²) in [6, 6.07) is 3.39. The van der Waals surface area contributed by atoms with Gasteiger partial charge in [0.25, 0.3) is 5.91 Å². The first-order chi connectivity index (χ1) is 12.0. The molecule has 0 saturated carbocycles. The molecule has 7 heteroatoms. The molecule has 0 aliphatic carbocycles. The Morgan fingerprint density at radius 1 is 1.08 bits per heavy atom. The van der Waals surface area contributed by atoms with Gasteiger partial charge in [-0.05, 0) is 30.2 Å². The van der Waals surface area contributed by atoms with Crippen LogP contribution in [-0.4, -0.2) is 46.4 Å². The standard InChI is InChI=1S/C18H25NO6/c1-5-6-9-19-16(20)12-25-17(21)8-7-13-10-14(22-2)18(24-4)15(11-13)23-3/h7-8,10-11H,5-6,9,12H2,1-4H3,(H,19,20). The van der Waals surface area contributed by atoms with E-state index in [0.717, 1.165) is 12.8 Å². The fourth-order valence-electron chi connectivity index (χ4n) is 2.00. The van der Waals surface area contributed by atoms with E-state index in [1.165, 1.54) is 27.4 Å². The number of unbranched alkanes of at least 4 members (excludes halogenated alkanes) is 1. The highest BCUT2D eigenvalue weighted by molar-refractivity contribution is 5.89. The van der Waals surface area contributed by atoms with Crippen LogP contribution < -0.4 is 19.5 Å². The van der Waals surface area contributed by atoms with E-state index in [0.29, 0.717) is 29.4 Å². The summed E-state index contributed by atoms with van der Waals surface area (Å²) in [4.78, 5) is 23.2. The highest BCUT2D eigenvalue weighted by Crippen LogP contribution is 2.38. The van der Waals surface area contributed by atoms with Crippen molar-refractivity contribution in [1.82, 2.24) is 5.32 Å². The van der Waals surface area contributed by atoms with Gasteiger partial charge in [0.2, 0.25) is 5.75 Å². The molecule has 138 valence electrons. The van der Waals surface area contributed by atoms with E-state index < -0.39 is 5.97 Å². The lowest BCUT2D eigenvalue weighted by Gasteiger charge is -2.12. The molecule has 0 radical (unpaired) electrons. The van der Waals surface area contributed by atoms with Gasteiger partial charge in [-0.3, -0.25) is 4.79 Å². The topological polar surface area (TPSA) is 83.1 Å². The molecule has 25 heavy (non-hydrogen) atoms. The molecule has 0 unspecified atom stereocenters. The molecule has 0 heterocycles. The molecule has 7 nitrogen and oxygen atoms in total. The van der Waals surface area contributed by atoms with Crippen molar-refractivity contribution in [3.05, 3.63) is 23.8 Å². The van der Waals surface area contributed by atoms with E-state index >= 15 is 0 Å². The van der Waals surface area contributed by atoms with Gasteiger partial charge in [0.1, 0.15) is 0 Å². The van der Waals surface area contributed by atoms with Crippen LogP contribution in [0.3, 0.4) is 0 Å². The van der Waals surface area contributed by atoms with Crippen LogP contribution >= 0.6 is 0 Å². The van der Waals surface area contributed by atoms with Gasteiger partial charge in [0.05, 0.1) is 21.3 Å². The Morgan fingerprint density at radius 3 is 2.24 bits per heavy atom. The van der Waals surface area contributed by atoms with Crippen LogP contribution in [0.2, 0.25) is 0 Å². The zero-order chi connectivity index (χ0) is 18.7. The number of nitrogens with one attached hydrogen (secondary N) is 1. The van der Waals surface area contributed by atoms with Gasteiger partial charge in [-0.2, -0.15) is 0 Å². The van der Waals surface area contributed by atoms with Gasteiger partial charge in [0.15, 0.2) is 18.1 Å². The average Bonchev–Trinajstić information content (AvgIpc) is 2.63. The Labute approximate surface area is 147 Å². The molecule has 1 aromatic rings. The van der Waals surface area contributed by atoms with Gasteiger partial charge in [-0.25, -0.2) is 4.79 Å². The maximum Gasteiger partial charge on any atom is 0.331 e. The fraction of sp³-hybridized carbons (Fsp3) is 0.444. The highest BCUT2D eigenvalue weighted by atomic mass is 16.5. The van der Waals surface area contributed by atoms with Crippen molar-refractivity contribution in [1.29, 1.82) is 0 Å². The third kappa shape index (κ3) is 6.74. The zero-order valence-corrected chi connectivity index (χ0v) is 15.1. The second kappa shape index (κ2) is 11.0. The lowest BCUT2D eigenvalue weighted by atomic mass is 10.1. The summed E-state index contributed by atoms with van der Waals surface area (Å²) in [5, 5.41) is 2.67. The molecule has 0 aromatic heterocycles. The third-order valence-electron chi connectivity index (χ3n) is 3.30. The minimum atomic E-state index is -0.612. The van der Waals surface area contributed by atoms with Crippen molar-refractivity contribution in [2.45, 2.75) is 19.8 Å². The van der Waals surface area contributed by atoms with Crippen molar-refractivity contribution in [3.63, 3.8) is 0 Å². The second-order valence-corrected chi connectivity index (χ2v) is 5.10. The van der Waals surface area contributed by atoms with Crippen LogP contribution in [-0.2, 0) is 14.3 Å². The summed E-state index contributed by atoms with van der Waals surface area (Å²) in [6.45, 7) is 2.30. The summed E-state index contributed by atoms with van der Waals surface area (Å²) < 4.78 is 20.6. The van der Waals surface area contributed by atoms with Gasteiger partial charge in [-0.1, -0.05) is 13.3 Å². The number of hydrogen-bond acceptors (Lipinski definition) is 6. The smallest absolute Gasteiger partial charge is 0.331 e. The van der Waals surface area contributed by atoms with Gasteiger partial charge < -0.3 is 24.3 Å². The van der Waals surface area contributed by atoms with Crippen molar-refractivity contribution in [2.24, 2.45) is 0 Å². The highest BCUT2D eigenvalue weighted by Gasteiger charge is 2.12. The molecule has 0 bridgehead atoms. The van der Waals surface area contributed by atoms with E-state index in [1.54, 1.807) is 18.2 Å². The first kappa shape index (κ1) is 20.3. The molecular formula is C18H25NO6. The summed E-state index contributed by atoms with van der Waals surface area (Å²) in [5.74, 6) is 0.492. The lowest BCUT2D eigenvalue weighted by molar-refractivity contribution is -0.143. The molecule has 0 spiro atoms. The largest absolute Gasteiger partial charge is 0.493 e. The Kier molecular flexibility index (Phi) is 8.92. The van der Waals surface area contributed by atoms with Crippen LogP contribution in [0.1, 0.15) is 25.3 Å². The number of methoxy groups -OCH3 is 3. The third-order valence-corrected chi connectivity index (χ3v) is 3.30. The molecule has 0 saturated heterocycles. The molecule has 1 N–H and O–H groups in total. The Hall–Kier alpha value is -2.70. The van der Waals surface area contributed by atoms with Crippen LogP contribution in [0.4, 0.5) is 0 Å². The quantitative estimate of drug-likeness (QED) is 0.395. The zero-order valence-electron chi connectivity index (χ0n) is 15.1. The SMILES string of the molecule is CCCCNC(=O)COC(=O)C=Cc1cc(OC)c(OC)c(OC)c1. The molecular weight excluding hydrogens is 326 g/mol. The summed E-state index contributed by atoms with van der Waals surface area (Å²) in [6.07, 6.45) is 4.65. The lowest BCUT2D eigenvalue weighted by Crippen LogP contribution is -2.29. The van der Waals surface area contributed by atoms with Gasteiger partial charge in [0, 0.05) is 12.6 Å². The summed E-state index contributed by atoms with van der Waals surface area (Å²) in [5.41, 5.74) is 0.666. The number of esters is 1. The van der Waals surface area contributed by atoms with Crippen molar-refractivity contribution in [3.8, 4) is 17.2 Å². The number of ether oxygens (including phenoxy) is 4. The van der Waals surface area contributed by atoms with Crippen molar-refractivity contribution < 1.29 is 28.5 Å². The minimum Gasteiger partial charge on any atom is -0.493 e. The normalized spacial score (nSPS) is 10.4. The van der Waals surface area contributed by atoms with Crippen LogP contribution in [0.15, 0.2) is 18.2 Å². The molecule has 1 rings (SSSR count). The molecule has 0 atom stereocenters. The minimum absolute atomic E-state index is 0.303. The van der Waals surface area contributed by atoms with E-state index in [-0.39, 0.29) is 12.5 Å². The first-order valence-electron chi connectivity index (χ1n) is 7.97. The number of amides is 1. The number of benzene rings is 1. The molecule has 1 amide bonds. The maximum atomic E-state index is 11.7. The van der Waals surface area contributed by atoms with E-state index in [2.05, 4.69) is 5.32 Å².